The lowest BCUT2D eigenvalue weighted by Gasteiger charge is -2.20. The van der Waals surface area contributed by atoms with Gasteiger partial charge in [-0.05, 0) is 79.3 Å². The van der Waals surface area contributed by atoms with Crippen LogP contribution in [0.5, 0.6) is 5.75 Å². The number of alkyl halides is 3. The number of carboxylic acids is 1. The van der Waals surface area contributed by atoms with Gasteiger partial charge in [-0.1, -0.05) is 49.9 Å². The lowest BCUT2D eigenvalue weighted by atomic mass is 9.94. The molecule has 0 aliphatic heterocycles. The van der Waals surface area contributed by atoms with E-state index in [9.17, 15) is 22.8 Å². The molecule has 0 fully saturated rings. The molecule has 3 aromatic rings. The number of hydrogen-bond donors (Lipinski definition) is 2. The number of aryl methyl sites for hydroxylation is 2. The Morgan fingerprint density at radius 1 is 1.05 bits per heavy atom. The summed E-state index contributed by atoms with van der Waals surface area (Å²) in [5.74, 6) is -0.823. The van der Waals surface area contributed by atoms with Gasteiger partial charge in [-0.3, -0.25) is 9.59 Å². The lowest BCUT2D eigenvalue weighted by molar-refractivity contribution is -0.138. The predicted molar refractivity (Wildman–Crippen MR) is 152 cm³/mol. The molecule has 40 heavy (non-hydrogen) atoms. The van der Waals surface area contributed by atoms with Crippen molar-refractivity contribution in [2.24, 2.45) is 0 Å². The average molecular weight is 596 g/mol. The molecule has 216 valence electrons. The molecule has 0 spiro atoms. The number of benzene rings is 2. The number of aliphatic carboxylic acids is 1. The van der Waals surface area contributed by atoms with Crippen molar-refractivity contribution in [3.8, 4) is 16.9 Å². The number of thiophene rings is 1. The summed E-state index contributed by atoms with van der Waals surface area (Å²) in [6.45, 7) is 5.92. The summed E-state index contributed by atoms with van der Waals surface area (Å²) < 4.78 is 45.5. The highest BCUT2D eigenvalue weighted by Gasteiger charge is 2.30. The molecule has 1 unspecified atom stereocenters. The van der Waals surface area contributed by atoms with Gasteiger partial charge in [0.1, 0.15) is 16.7 Å². The number of hydrogen-bond acceptors (Lipinski definition) is 4. The van der Waals surface area contributed by atoms with Crippen molar-refractivity contribution >= 4 is 34.8 Å². The Balaban J connectivity index is 1.85. The highest BCUT2D eigenvalue weighted by Crippen LogP contribution is 2.39. The zero-order valence-corrected chi connectivity index (χ0v) is 24.2. The van der Waals surface area contributed by atoms with Gasteiger partial charge in [0.15, 0.2) is 0 Å². The van der Waals surface area contributed by atoms with Crippen LogP contribution in [0.15, 0.2) is 42.5 Å². The second-order valence-electron chi connectivity index (χ2n) is 9.69. The molecule has 1 amide bonds. The molecule has 0 saturated heterocycles. The second-order valence-corrected chi connectivity index (χ2v) is 11.2. The third-order valence-electron chi connectivity index (χ3n) is 6.46. The van der Waals surface area contributed by atoms with Crippen LogP contribution >= 0.6 is 22.9 Å². The number of unbranched alkanes of at least 4 members (excludes halogenated alkanes) is 3. The SMILES string of the molecule is CCCCCCC(Oc1cc(C)c(-c2ccc(C(F)(F)F)cc2)c(C)c1)c1cc(Cl)c(C(=O)NCCC(=O)O)s1. The van der Waals surface area contributed by atoms with E-state index in [2.05, 4.69) is 12.2 Å². The molecule has 10 heteroatoms. The van der Waals surface area contributed by atoms with E-state index in [1.54, 1.807) is 6.07 Å². The van der Waals surface area contributed by atoms with Gasteiger partial charge in [-0.15, -0.1) is 11.3 Å². The molecule has 0 aliphatic rings. The van der Waals surface area contributed by atoms with Crippen LogP contribution in [0.25, 0.3) is 11.1 Å². The van der Waals surface area contributed by atoms with E-state index in [0.29, 0.717) is 22.6 Å². The van der Waals surface area contributed by atoms with Crippen LogP contribution in [0, 0.1) is 13.8 Å². The number of carboxylic acid groups (broad SMARTS) is 1. The van der Waals surface area contributed by atoms with Gasteiger partial charge in [0.2, 0.25) is 0 Å². The van der Waals surface area contributed by atoms with Crippen molar-refractivity contribution in [1.82, 2.24) is 5.32 Å². The minimum atomic E-state index is -4.39. The Bertz CT molecular complexity index is 1300. The largest absolute Gasteiger partial charge is 0.485 e. The smallest absolute Gasteiger partial charge is 0.416 e. The Kier molecular flexibility index (Phi) is 11.0. The molecule has 0 radical (unpaired) electrons. The van der Waals surface area contributed by atoms with E-state index in [1.165, 1.54) is 23.5 Å². The van der Waals surface area contributed by atoms with E-state index in [0.717, 1.165) is 59.4 Å². The Hall–Kier alpha value is -3.04. The van der Waals surface area contributed by atoms with Crippen molar-refractivity contribution in [2.45, 2.75) is 71.6 Å². The van der Waals surface area contributed by atoms with E-state index < -0.39 is 23.6 Å². The molecule has 0 saturated carbocycles. The zero-order chi connectivity index (χ0) is 29.4. The summed E-state index contributed by atoms with van der Waals surface area (Å²) in [5, 5.41) is 11.7. The van der Waals surface area contributed by atoms with Crippen LogP contribution in [-0.4, -0.2) is 23.5 Å². The van der Waals surface area contributed by atoms with Gasteiger partial charge in [0, 0.05) is 11.4 Å². The summed E-state index contributed by atoms with van der Waals surface area (Å²) >= 11 is 7.62. The maximum Gasteiger partial charge on any atom is 0.416 e. The van der Waals surface area contributed by atoms with Crippen molar-refractivity contribution in [3.63, 3.8) is 0 Å². The first kappa shape index (κ1) is 31.5. The van der Waals surface area contributed by atoms with Crippen LogP contribution in [0.4, 0.5) is 13.2 Å². The molecule has 1 aromatic heterocycles. The van der Waals surface area contributed by atoms with Gasteiger partial charge in [-0.2, -0.15) is 13.2 Å². The second kappa shape index (κ2) is 14.0. The zero-order valence-electron chi connectivity index (χ0n) is 22.7. The van der Waals surface area contributed by atoms with Crippen molar-refractivity contribution in [2.75, 3.05) is 6.54 Å². The maximum absolute atomic E-state index is 13.0. The number of halogens is 4. The molecule has 1 heterocycles. The molecule has 2 N–H and O–H groups in total. The summed E-state index contributed by atoms with van der Waals surface area (Å²) in [6.07, 6.45) is -0.123. The molecular weight excluding hydrogens is 563 g/mol. The third kappa shape index (κ3) is 8.48. The summed E-state index contributed by atoms with van der Waals surface area (Å²) in [7, 11) is 0. The van der Waals surface area contributed by atoms with Gasteiger partial charge in [0.05, 0.1) is 17.0 Å². The summed E-state index contributed by atoms with van der Waals surface area (Å²) in [5.41, 5.74) is 2.57. The fraction of sp³-hybridized carbons (Fsp3) is 0.400. The van der Waals surface area contributed by atoms with Gasteiger partial charge in [-0.25, -0.2) is 0 Å². The van der Waals surface area contributed by atoms with E-state index in [4.69, 9.17) is 21.4 Å². The standard InChI is InChI=1S/C30H33ClF3NO4S/c1-4-5-6-7-8-24(25-17-23(31)28(40-25)29(38)35-14-13-26(36)37)39-22-15-18(2)27(19(3)16-22)20-9-11-21(12-10-20)30(32,33)34/h9-12,15-17,24H,4-8,13-14H2,1-3H3,(H,35,38)(H,36,37). The minimum Gasteiger partial charge on any atom is -0.485 e. The van der Waals surface area contributed by atoms with E-state index in [1.807, 2.05) is 26.0 Å². The van der Waals surface area contributed by atoms with Gasteiger partial charge >= 0.3 is 12.1 Å². The fourth-order valence-corrected chi connectivity index (χ4v) is 5.93. The summed E-state index contributed by atoms with van der Waals surface area (Å²) in [4.78, 5) is 24.4. The van der Waals surface area contributed by atoms with Crippen LogP contribution in [0.3, 0.4) is 0 Å². The van der Waals surface area contributed by atoms with Gasteiger partial charge in [0.25, 0.3) is 5.91 Å². The minimum absolute atomic E-state index is 0.00148. The quantitative estimate of drug-likeness (QED) is 0.193. The Morgan fingerprint density at radius 3 is 2.27 bits per heavy atom. The van der Waals surface area contributed by atoms with E-state index in [-0.39, 0.29) is 24.1 Å². The maximum atomic E-state index is 13.0. The lowest BCUT2D eigenvalue weighted by Crippen LogP contribution is -2.25. The Morgan fingerprint density at radius 2 is 1.70 bits per heavy atom. The van der Waals surface area contributed by atoms with Crippen molar-refractivity contribution < 1.29 is 32.6 Å². The number of amides is 1. The number of rotatable bonds is 13. The van der Waals surface area contributed by atoms with Crippen LogP contribution in [-0.2, 0) is 11.0 Å². The predicted octanol–water partition coefficient (Wildman–Crippen LogP) is 9.00. The first-order valence-corrected chi connectivity index (χ1v) is 14.3. The molecule has 0 aliphatic carbocycles. The first-order chi connectivity index (χ1) is 18.9. The third-order valence-corrected chi connectivity index (χ3v) is 8.10. The molecule has 2 aromatic carbocycles. The number of ether oxygens (including phenoxy) is 1. The Labute approximate surface area is 241 Å². The molecular formula is C30H33ClF3NO4S. The highest BCUT2D eigenvalue weighted by molar-refractivity contribution is 7.14. The molecule has 1 atom stereocenters. The topological polar surface area (TPSA) is 75.6 Å². The fourth-order valence-electron chi connectivity index (χ4n) is 4.52. The van der Waals surface area contributed by atoms with Crippen LogP contribution in [0.2, 0.25) is 5.02 Å². The van der Waals surface area contributed by atoms with Crippen molar-refractivity contribution in [3.05, 3.63) is 73.9 Å². The molecule has 3 rings (SSSR count). The average Bonchev–Trinajstić information content (AvgIpc) is 3.26. The first-order valence-electron chi connectivity index (χ1n) is 13.2. The molecule has 5 nitrogen and oxygen atoms in total. The number of nitrogens with one attached hydrogen (secondary N) is 1. The number of carbonyl (C=O) groups excluding carboxylic acids is 1. The number of carbonyl (C=O) groups is 2. The van der Waals surface area contributed by atoms with Crippen LogP contribution < -0.4 is 10.1 Å². The van der Waals surface area contributed by atoms with E-state index >= 15 is 0 Å². The monoisotopic (exact) mass is 595 g/mol. The van der Waals surface area contributed by atoms with Gasteiger partial charge < -0.3 is 15.2 Å². The summed E-state index contributed by atoms with van der Waals surface area (Å²) in [6, 6.07) is 10.6. The normalized spacial score (nSPS) is 12.3. The molecule has 0 bridgehead atoms. The van der Waals surface area contributed by atoms with Crippen LogP contribution in [0.1, 0.15) is 82.8 Å². The highest BCUT2D eigenvalue weighted by atomic mass is 35.5. The van der Waals surface area contributed by atoms with Crippen molar-refractivity contribution in [1.29, 1.82) is 0 Å².